The molecule has 0 fully saturated rings. The minimum atomic E-state index is -3.27. The summed E-state index contributed by atoms with van der Waals surface area (Å²) in [4.78, 5) is 1.05. The van der Waals surface area contributed by atoms with Crippen molar-refractivity contribution in [3.8, 4) is 0 Å². The quantitative estimate of drug-likeness (QED) is 0.850. The third-order valence-electron chi connectivity index (χ3n) is 2.87. The highest BCUT2D eigenvalue weighted by atomic mass is 32.2. The van der Waals surface area contributed by atoms with Crippen LogP contribution in [0.2, 0.25) is 0 Å². The summed E-state index contributed by atoms with van der Waals surface area (Å²) in [7, 11) is -1.64. The molecule has 3 nitrogen and oxygen atoms in total. The Balaban J connectivity index is 2.09. The van der Waals surface area contributed by atoms with Crippen molar-refractivity contribution >= 4 is 21.4 Å². The van der Waals surface area contributed by atoms with Crippen LogP contribution < -0.4 is 0 Å². The number of aryl methyl sites for hydroxylation is 1. The summed E-state index contributed by atoms with van der Waals surface area (Å²) >= 11 is 1.57. The molecule has 0 aliphatic heterocycles. The fraction of sp³-hybridized carbons (Fsp3) is 0.286. The molecule has 2 rings (SSSR count). The van der Waals surface area contributed by atoms with Crippen LogP contribution in [0.15, 0.2) is 41.8 Å². The molecule has 0 aliphatic carbocycles. The summed E-state index contributed by atoms with van der Waals surface area (Å²) in [6.45, 7) is 2.40. The zero-order chi connectivity index (χ0) is 13.9. The molecule has 0 bridgehead atoms. The van der Waals surface area contributed by atoms with Gasteiger partial charge in [-0.25, -0.2) is 8.42 Å². The highest BCUT2D eigenvalue weighted by Gasteiger charge is 2.19. The second kappa shape index (κ2) is 5.86. The van der Waals surface area contributed by atoms with Gasteiger partial charge in [-0.1, -0.05) is 35.9 Å². The standard InChI is InChI=1S/C14H17NO2S2/c1-12-5-3-6-13(9-12)11-19(16,17)15(2)10-14-7-4-8-18-14/h3-9H,10-11H2,1-2H3. The number of sulfonamides is 1. The van der Waals surface area contributed by atoms with Crippen LogP contribution in [0.3, 0.4) is 0 Å². The first kappa shape index (κ1) is 14.2. The molecule has 0 unspecified atom stereocenters. The molecule has 19 heavy (non-hydrogen) atoms. The molecule has 0 spiro atoms. The van der Waals surface area contributed by atoms with E-state index in [-0.39, 0.29) is 5.75 Å². The largest absolute Gasteiger partial charge is 0.218 e. The van der Waals surface area contributed by atoms with Crippen LogP contribution in [0.5, 0.6) is 0 Å². The van der Waals surface area contributed by atoms with Crippen molar-refractivity contribution in [1.29, 1.82) is 0 Å². The molecule has 0 saturated carbocycles. The molecule has 0 atom stereocenters. The Bertz CT molecular complexity index is 633. The predicted octanol–water partition coefficient (Wildman–Crippen LogP) is 3.02. The van der Waals surface area contributed by atoms with Crippen LogP contribution in [0, 0.1) is 6.92 Å². The van der Waals surface area contributed by atoms with E-state index < -0.39 is 10.0 Å². The van der Waals surface area contributed by atoms with E-state index >= 15 is 0 Å². The van der Waals surface area contributed by atoms with Crippen LogP contribution in [-0.4, -0.2) is 19.8 Å². The van der Waals surface area contributed by atoms with Crippen molar-refractivity contribution in [3.05, 3.63) is 57.8 Å². The van der Waals surface area contributed by atoms with Gasteiger partial charge in [-0.15, -0.1) is 11.3 Å². The maximum absolute atomic E-state index is 12.3. The van der Waals surface area contributed by atoms with E-state index in [4.69, 9.17) is 0 Å². The number of benzene rings is 1. The van der Waals surface area contributed by atoms with Crippen LogP contribution in [0.1, 0.15) is 16.0 Å². The molecule has 1 aromatic carbocycles. The number of thiophene rings is 1. The third-order valence-corrected chi connectivity index (χ3v) is 5.50. The Hall–Kier alpha value is -1.17. The van der Waals surface area contributed by atoms with Gasteiger partial charge in [0.1, 0.15) is 0 Å². The number of hydrogen-bond acceptors (Lipinski definition) is 3. The maximum atomic E-state index is 12.3. The van der Waals surface area contributed by atoms with Crippen molar-refractivity contribution < 1.29 is 8.42 Å². The summed E-state index contributed by atoms with van der Waals surface area (Å²) in [5, 5.41) is 1.95. The van der Waals surface area contributed by atoms with Gasteiger partial charge in [0, 0.05) is 18.5 Å². The maximum Gasteiger partial charge on any atom is 0.218 e. The first-order valence-electron chi connectivity index (χ1n) is 5.99. The SMILES string of the molecule is Cc1cccc(CS(=O)(=O)N(C)Cc2cccs2)c1. The normalized spacial score (nSPS) is 11.9. The Morgan fingerprint density at radius 3 is 2.63 bits per heavy atom. The fourth-order valence-electron chi connectivity index (χ4n) is 1.84. The summed E-state index contributed by atoms with van der Waals surface area (Å²) in [6.07, 6.45) is 0. The number of hydrogen-bond donors (Lipinski definition) is 0. The van der Waals surface area contributed by atoms with Gasteiger partial charge in [0.05, 0.1) is 5.75 Å². The van der Waals surface area contributed by atoms with Gasteiger partial charge in [-0.3, -0.25) is 0 Å². The minimum Gasteiger partial charge on any atom is -0.212 e. The third kappa shape index (κ3) is 3.89. The molecule has 102 valence electrons. The van der Waals surface area contributed by atoms with E-state index in [0.29, 0.717) is 6.54 Å². The monoisotopic (exact) mass is 295 g/mol. The van der Waals surface area contributed by atoms with Crippen molar-refractivity contribution in [1.82, 2.24) is 4.31 Å². The molecule has 5 heteroatoms. The lowest BCUT2D eigenvalue weighted by Crippen LogP contribution is -2.27. The molecule has 0 aliphatic rings. The smallest absolute Gasteiger partial charge is 0.212 e. The lowest BCUT2D eigenvalue weighted by molar-refractivity contribution is 0.469. The van der Waals surface area contributed by atoms with Gasteiger partial charge >= 0.3 is 0 Å². The zero-order valence-corrected chi connectivity index (χ0v) is 12.7. The van der Waals surface area contributed by atoms with Crippen molar-refractivity contribution in [3.63, 3.8) is 0 Å². The second-order valence-corrected chi connectivity index (χ2v) is 7.69. The molecule has 0 N–H and O–H groups in total. The molecular weight excluding hydrogens is 278 g/mol. The average molecular weight is 295 g/mol. The Morgan fingerprint density at radius 1 is 1.21 bits per heavy atom. The molecule has 1 aromatic heterocycles. The predicted molar refractivity (Wildman–Crippen MR) is 79.6 cm³/mol. The lowest BCUT2D eigenvalue weighted by atomic mass is 10.2. The molecule has 0 saturated heterocycles. The number of nitrogens with zero attached hydrogens (tertiary/aromatic N) is 1. The van der Waals surface area contributed by atoms with Crippen LogP contribution in [-0.2, 0) is 22.3 Å². The van der Waals surface area contributed by atoms with Gasteiger partial charge in [-0.2, -0.15) is 4.31 Å². The van der Waals surface area contributed by atoms with Gasteiger partial charge in [0.25, 0.3) is 0 Å². The Morgan fingerprint density at radius 2 is 2.00 bits per heavy atom. The van der Waals surface area contributed by atoms with Gasteiger partial charge < -0.3 is 0 Å². The van der Waals surface area contributed by atoms with E-state index in [1.807, 2.05) is 48.7 Å². The second-order valence-electron chi connectivity index (χ2n) is 4.58. The Labute approximate surface area is 118 Å². The van der Waals surface area contributed by atoms with Crippen molar-refractivity contribution in [2.24, 2.45) is 0 Å². The first-order valence-corrected chi connectivity index (χ1v) is 8.48. The summed E-state index contributed by atoms with van der Waals surface area (Å²) in [6, 6.07) is 11.5. The van der Waals surface area contributed by atoms with Crippen LogP contribution >= 0.6 is 11.3 Å². The van der Waals surface area contributed by atoms with Crippen LogP contribution in [0.4, 0.5) is 0 Å². The van der Waals surface area contributed by atoms with Crippen LogP contribution in [0.25, 0.3) is 0 Å². The zero-order valence-electron chi connectivity index (χ0n) is 11.0. The van der Waals surface area contributed by atoms with Gasteiger partial charge in [0.2, 0.25) is 10.0 Å². The summed E-state index contributed by atoms with van der Waals surface area (Å²) in [5.74, 6) is 0.0521. The van der Waals surface area contributed by atoms with E-state index in [0.717, 1.165) is 16.0 Å². The highest BCUT2D eigenvalue weighted by Crippen LogP contribution is 2.16. The number of rotatable bonds is 5. The van der Waals surface area contributed by atoms with Crippen molar-refractivity contribution in [2.75, 3.05) is 7.05 Å². The van der Waals surface area contributed by atoms with E-state index in [1.54, 1.807) is 18.4 Å². The molecule has 0 radical (unpaired) electrons. The Kier molecular flexibility index (Phi) is 4.39. The first-order chi connectivity index (χ1) is 8.97. The van der Waals surface area contributed by atoms with Crippen molar-refractivity contribution in [2.45, 2.75) is 19.2 Å². The van der Waals surface area contributed by atoms with E-state index in [9.17, 15) is 8.42 Å². The minimum absolute atomic E-state index is 0.0521. The molecule has 0 amide bonds. The summed E-state index contributed by atoms with van der Waals surface area (Å²) in [5.41, 5.74) is 1.91. The fourth-order valence-corrected chi connectivity index (χ4v) is 3.84. The average Bonchev–Trinajstić information content (AvgIpc) is 2.81. The molecule has 1 heterocycles. The van der Waals surface area contributed by atoms with E-state index in [1.165, 1.54) is 4.31 Å². The van der Waals surface area contributed by atoms with E-state index in [2.05, 4.69) is 0 Å². The summed E-state index contributed by atoms with van der Waals surface area (Å²) < 4.78 is 26.0. The lowest BCUT2D eigenvalue weighted by Gasteiger charge is -2.16. The van der Waals surface area contributed by atoms with Gasteiger partial charge in [-0.05, 0) is 23.9 Å². The van der Waals surface area contributed by atoms with Gasteiger partial charge in [0.15, 0.2) is 0 Å². The topological polar surface area (TPSA) is 37.4 Å². The molecule has 2 aromatic rings. The molecular formula is C14H17NO2S2. The highest BCUT2D eigenvalue weighted by molar-refractivity contribution is 7.88.